The van der Waals surface area contributed by atoms with E-state index in [4.69, 9.17) is 4.74 Å². The second kappa shape index (κ2) is 7.63. The molecule has 1 atom stereocenters. The molecule has 116 valence electrons. The Morgan fingerprint density at radius 3 is 2.39 bits per heavy atom. The summed E-state index contributed by atoms with van der Waals surface area (Å²) in [4.78, 5) is 36.1. The first kappa shape index (κ1) is 16.1. The molecule has 7 heteroatoms. The highest BCUT2D eigenvalue weighted by Crippen LogP contribution is 2.18. The van der Waals surface area contributed by atoms with E-state index in [2.05, 4.69) is 4.99 Å². The number of esters is 1. The van der Waals surface area contributed by atoms with Crippen LogP contribution in [0.4, 0.5) is 5.69 Å². The summed E-state index contributed by atoms with van der Waals surface area (Å²) in [5.74, 6) is -0.592. The number of carbonyl (C=O) groups is 1. The highest BCUT2D eigenvalue weighted by Gasteiger charge is 2.21. The van der Waals surface area contributed by atoms with Gasteiger partial charge in [-0.15, -0.1) is 0 Å². The normalized spacial score (nSPS) is 11.1. The van der Waals surface area contributed by atoms with Gasteiger partial charge in [-0.25, -0.2) is 9.59 Å². The summed E-state index contributed by atoms with van der Waals surface area (Å²) in [5.41, 5.74) is 0.702. The van der Waals surface area contributed by atoms with Gasteiger partial charge in [0.25, 0.3) is 5.69 Å². The van der Waals surface area contributed by atoms with Crippen molar-refractivity contribution in [2.45, 2.75) is 12.5 Å². The van der Waals surface area contributed by atoms with Crippen LogP contribution in [0.1, 0.15) is 5.56 Å². The molecule has 0 amide bonds. The molecule has 7 nitrogen and oxygen atoms in total. The van der Waals surface area contributed by atoms with Crippen molar-refractivity contribution >= 4 is 17.7 Å². The molecular weight excluding hydrogens is 300 g/mol. The van der Waals surface area contributed by atoms with Gasteiger partial charge in [-0.2, -0.15) is 4.99 Å². The summed E-state index contributed by atoms with van der Waals surface area (Å²) in [6, 6.07) is 13.1. The Hall–Kier alpha value is -3.31. The van der Waals surface area contributed by atoms with Gasteiger partial charge in [-0.05, 0) is 17.7 Å². The summed E-state index contributed by atoms with van der Waals surface area (Å²) >= 11 is 0. The lowest BCUT2D eigenvalue weighted by atomic mass is 10.1. The predicted molar refractivity (Wildman–Crippen MR) is 80.8 cm³/mol. The number of nitro groups is 1. The van der Waals surface area contributed by atoms with Gasteiger partial charge in [-0.3, -0.25) is 10.1 Å². The SMILES string of the molecule is O=C=N[C@@H](Cc1ccccc1)C(=O)Oc1ccc([N+](=O)[O-])cc1. The predicted octanol–water partition coefficient (Wildman–Crippen LogP) is 2.45. The van der Waals surface area contributed by atoms with E-state index in [9.17, 15) is 19.7 Å². The van der Waals surface area contributed by atoms with Crippen molar-refractivity contribution in [2.75, 3.05) is 0 Å². The molecule has 0 N–H and O–H groups in total. The Kier molecular flexibility index (Phi) is 5.33. The van der Waals surface area contributed by atoms with Crippen LogP contribution in [0.5, 0.6) is 5.75 Å². The maximum atomic E-state index is 12.1. The van der Waals surface area contributed by atoms with Crippen LogP contribution in [-0.2, 0) is 16.0 Å². The molecule has 2 rings (SSSR count). The van der Waals surface area contributed by atoms with Crippen molar-refractivity contribution in [3.05, 3.63) is 70.3 Å². The lowest BCUT2D eigenvalue weighted by Gasteiger charge is -2.10. The smallest absolute Gasteiger partial charge is 0.337 e. The highest BCUT2D eigenvalue weighted by atomic mass is 16.6. The molecule has 0 bridgehead atoms. The fraction of sp³-hybridized carbons (Fsp3) is 0.125. The first-order chi connectivity index (χ1) is 11.1. The molecule has 2 aromatic rings. The number of aliphatic imine (C=N–C) groups is 1. The van der Waals surface area contributed by atoms with Crippen molar-refractivity contribution in [2.24, 2.45) is 4.99 Å². The summed E-state index contributed by atoms with van der Waals surface area (Å²) in [7, 11) is 0. The molecule has 0 aliphatic heterocycles. The van der Waals surface area contributed by atoms with Crippen LogP contribution in [0, 0.1) is 10.1 Å². The number of benzene rings is 2. The third kappa shape index (κ3) is 4.59. The van der Waals surface area contributed by atoms with Gasteiger partial charge in [0.1, 0.15) is 5.75 Å². The molecule has 2 aromatic carbocycles. The third-order valence-corrected chi connectivity index (χ3v) is 3.02. The van der Waals surface area contributed by atoms with Crippen LogP contribution < -0.4 is 4.74 Å². The van der Waals surface area contributed by atoms with E-state index in [1.54, 1.807) is 24.3 Å². The summed E-state index contributed by atoms with van der Waals surface area (Å²) in [6.45, 7) is 0. The van der Waals surface area contributed by atoms with Crippen LogP contribution in [-0.4, -0.2) is 23.0 Å². The first-order valence-electron chi connectivity index (χ1n) is 6.67. The molecule has 0 unspecified atom stereocenters. The van der Waals surface area contributed by atoms with Crippen LogP contribution in [0.2, 0.25) is 0 Å². The zero-order valence-corrected chi connectivity index (χ0v) is 11.9. The summed E-state index contributed by atoms with van der Waals surface area (Å²) < 4.78 is 5.10. The van der Waals surface area contributed by atoms with E-state index in [0.29, 0.717) is 0 Å². The molecular formula is C16H12N2O5. The third-order valence-electron chi connectivity index (χ3n) is 3.02. The van der Waals surface area contributed by atoms with Crippen LogP contribution in [0.15, 0.2) is 59.6 Å². The van der Waals surface area contributed by atoms with Gasteiger partial charge < -0.3 is 4.74 Å². The summed E-state index contributed by atoms with van der Waals surface area (Å²) in [5, 5.41) is 10.6. The zero-order chi connectivity index (χ0) is 16.7. The second-order valence-electron chi connectivity index (χ2n) is 4.60. The van der Waals surface area contributed by atoms with E-state index in [-0.39, 0.29) is 17.9 Å². The number of carbonyl (C=O) groups excluding carboxylic acids is 2. The number of hydrogen-bond donors (Lipinski definition) is 0. The zero-order valence-electron chi connectivity index (χ0n) is 11.9. The van der Waals surface area contributed by atoms with Gasteiger partial charge in [0.2, 0.25) is 6.08 Å². The largest absolute Gasteiger partial charge is 0.425 e. The molecule has 0 heterocycles. The monoisotopic (exact) mass is 312 g/mol. The van der Waals surface area contributed by atoms with Gasteiger partial charge >= 0.3 is 5.97 Å². The highest BCUT2D eigenvalue weighted by molar-refractivity contribution is 5.79. The van der Waals surface area contributed by atoms with Crippen LogP contribution >= 0.6 is 0 Å². The minimum Gasteiger partial charge on any atom is -0.425 e. The lowest BCUT2D eigenvalue weighted by Crippen LogP contribution is -2.26. The maximum Gasteiger partial charge on any atom is 0.337 e. The van der Waals surface area contributed by atoms with Crippen molar-refractivity contribution in [1.82, 2.24) is 0 Å². The number of ether oxygens (including phenoxy) is 1. The Bertz CT molecular complexity index is 737. The quantitative estimate of drug-likeness (QED) is 0.204. The molecule has 0 spiro atoms. The number of non-ortho nitro benzene ring substituents is 1. The van der Waals surface area contributed by atoms with Crippen molar-refractivity contribution in [1.29, 1.82) is 0 Å². The number of isocyanates is 1. The maximum absolute atomic E-state index is 12.1. The molecule has 0 aliphatic carbocycles. The molecule has 0 radical (unpaired) electrons. The Morgan fingerprint density at radius 2 is 1.83 bits per heavy atom. The fourth-order valence-corrected chi connectivity index (χ4v) is 1.90. The minimum absolute atomic E-state index is 0.114. The average Bonchev–Trinajstić information content (AvgIpc) is 2.56. The lowest BCUT2D eigenvalue weighted by molar-refractivity contribution is -0.384. The van der Waals surface area contributed by atoms with Gasteiger partial charge in [0, 0.05) is 18.6 Å². The number of nitro benzene ring substituents is 1. The molecule has 0 aliphatic rings. The average molecular weight is 312 g/mol. The Balaban J connectivity index is 2.08. The topological polar surface area (TPSA) is 98.9 Å². The van der Waals surface area contributed by atoms with E-state index in [1.165, 1.54) is 30.3 Å². The Morgan fingerprint density at radius 1 is 1.17 bits per heavy atom. The number of hydrogen-bond acceptors (Lipinski definition) is 6. The molecule has 0 saturated carbocycles. The van der Waals surface area contributed by atoms with E-state index in [0.717, 1.165) is 5.56 Å². The number of nitrogens with zero attached hydrogens (tertiary/aromatic N) is 2. The van der Waals surface area contributed by atoms with E-state index >= 15 is 0 Å². The minimum atomic E-state index is -1.02. The van der Waals surface area contributed by atoms with E-state index < -0.39 is 16.9 Å². The molecule has 23 heavy (non-hydrogen) atoms. The molecule has 0 fully saturated rings. The summed E-state index contributed by atoms with van der Waals surface area (Å²) in [6.07, 6.45) is 1.56. The van der Waals surface area contributed by atoms with Gasteiger partial charge in [0.05, 0.1) is 4.92 Å². The molecule has 0 saturated heterocycles. The van der Waals surface area contributed by atoms with Crippen molar-refractivity contribution < 1.29 is 19.2 Å². The number of rotatable bonds is 6. The fourth-order valence-electron chi connectivity index (χ4n) is 1.90. The van der Waals surface area contributed by atoms with Gasteiger partial charge in [0.15, 0.2) is 6.04 Å². The van der Waals surface area contributed by atoms with Crippen molar-refractivity contribution in [3.63, 3.8) is 0 Å². The Labute approximate surface area is 131 Å². The first-order valence-corrected chi connectivity index (χ1v) is 6.67. The standard InChI is InChI=1S/C16H12N2O5/c19-11-17-15(10-12-4-2-1-3-5-12)16(20)23-14-8-6-13(7-9-14)18(21)22/h1-9,15H,10H2/t15-/m0/s1. The van der Waals surface area contributed by atoms with Crippen LogP contribution in [0.25, 0.3) is 0 Å². The van der Waals surface area contributed by atoms with Gasteiger partial charge in [-0.1, -0.05) is 30.3 Å². The van der Waals surface area contributed by atoms with E-state index in [1.807, 2.05) is 6.07 Å². The van der Waals surface area contributed by atoms with Crippen LogP contribution in [0.3, 0.4) is 0 Å². The van der Waals surface area contributed by atoms with Crippen molar-refractivity contribution in [3.8, 4) is 5.75 Å². The second-order valence-corrected chi connectivity index (χ2v) is 4.60. The molecule has 0 aromatic heterocycles.